The number of rotatable bonds is 13. The molecule has 1 aromatic rings. The fraction of sp³-hybridized carbons (Fsp3) is 0.714. The highest BCUT2D eigenvalue weighted by atomic mass is 16.7. The van der Waals surface area contributed by atoms with Crippen molar-refractivity contribution in [2.75, 3.05) is 47.1 Å². The smallest absolute Gasteiger partial charge is 0.186 e. The number of methoxy groups -OCH3 is 1. The van der Waals surface area contributed by atoms with Crippen molar-refractivity contribution in [3.8, 4) is 0 Å². The molecular weight excluding hydrogens is 346 g/mol. The largest absolute Gasteiger partial charge is 0.385 e. The van der Waals surface area contributed by atoms with Gasteiger partial charge in [-0.2, -0.15) is 0 Å². The zero-order valence-electron chi connectivity index (χ0n) is 16.9. The second kappa shape index (κ2) is 12.4. The molecule has 0 aliphatic carbocycles. The topological polar surface area (TPSA) is 60.4 Å². The Hall–Kier alpha value is -1.02. The molecule has 0 saturated carbocycles. The zero-order valence-corrected chi connectivity index (χ0v) is 16.9. The van der Waals surface area contributed by atoms with E-state index in [1.54, 1.807) is 7.11 Å². The van der Waals surface area contributed by atoms with Gasteiger partial charge in [0.1, 0.15) is 18.3 Å². The molecule has 154 valence electrons. The van der Waals surface area contributed by atoms with Crippen molar-refractivity contribution in [2.24, 2.45) is 0 Å². The van der Waals surface area contributed by atoms with E-state index in [1.165, 1.54) is 5.56 Å². The van der Waals surface area contributed by atoms with Crippen molar-refractivity contribution in [1.29, 1.82) is 0 Å². The van der Waals surface area contributed by atoms with Crippen LogP contribution in [0.4, 0.5) is 0 Å². The normalized spacial score (nSPS) is 25.4. The Balaban J connectivity index is 1.87. The second-order valence-corrected chi connectivity index (χ2v) is 7.08. The van der Waals surface area contributed by atoms with Crippen LogP contribution >= 0.6 is 0 Å². The van der Waals surface area contributed by atoms with Crippen molar-refractivity contribution >= 4 is 0 Å². The third kappa shape index (κ3) is 7.49. The molecule has 6 heteroatoms. The molecule has 1 aliphatic heterocycles. The molecule has 0 aromatic heterocycles. The maximum Gasteiger partial charge on any atom is 0.186 e. The molecule has 0 spiro atoms. The van der Waals surface area contributed by atoms with Crippen LogP contribution in [-0.4, -0.2) is 81.7 Å². The number of benzene rings is 1. The molecule has 4 atom stereocenters. The molecule has 2 rings (SSSR count). The number of hydrogen-bond acceptors (Lipinski definition) is 6. The van der Waals surface area contributed by atoms with E-state index in [1.807, 2.05) is 6.07 Å². The molecule has 1 aliphatic rings. The summed E-state index contributed by atoms with van der Waals surface area (Å²) < 4.78 is 22.6. The van der Waals surface area contributed by atoms with Gasteiger partial charge in [0, 0.05) is 26.8 Å². The van der Waals surface area contributed by atoms with E-state index >= 15 is 0 Å². The Bertz CT molecular complexity index is 501. The van der Waals surface area contributed by atoms with Crippen LogP contribution in [0.25, 0.3) is 0 Å². The highest BCUT2D eigenvalue weighted by Gasteiger charge is 2.45. The number of ether oxygens (including phenoxy) is 4. The average Bonchev–Trinajstić information content (AvgIpc) is 2.96. The summed E-state index contributed by atoms with van der Waals surface area (Å²) in [5.74, 6) is 0. The Morgan fingerprint density at radius 1 is 1.11 bits per heavy atom. The van der Waals surface area contributed by atoms with Crippen LogP contribution < -0.4 is 0 Å². The summed E-state index contributed by atoms with van der Waals surface area (Å²) in [6.45, 7) is 5.20. The first kappa shape index (κ1) is 22.3. The van der Waals surface area contributed by atoms with Crippen LogP contribution in [0.5, 0.6) is 0 Å². The van der Waals surface area contributed by atoms with Gasteiger partial charge in [0.05, 0.1) is 13.2 Å². The van der Waals surface area contributed by atoms with Crippen LogP contribution in [0, 0.1) is 0 Å². The summed E-state index contributed by atoms with van der Waals surface area (Å²) in [6.07, 6.45) is 0.953. The highest BCUT2D eigenvalue weighted by Crippen LogP contribution is 2.26. The Kier molecular flexibility index (Phi) is 10.3. The molecule has 6 nitrogen and oxygen atoms in total. The molecule has 1 heterocycles. The predicted molar refractivity (Wildman–Crippen MR) is 105 cm³/mol. The van der Waals surface area contributed by atoms with Crippen molar-refractivity contribution in [3.05, 3.63) is 35.9 Å². The van der Waals surface area contributed by atoms with Crippen molar-refractivity contribution < 1.29 is 24.1 Å². The third-order valence-corrected chi connectivity index (χ3v) is 4.79. The van der Waals surface area contributed by atoms with E-state index in [0.29, 0.717) is 26.4 Å². The van der Waals surface area contributed by atoms with E-state index in [0.717, 1.165) is 25.8 Å². The number of likely N-dealkylation sites (N-methyl/N-ethyl adjacent to an activating group) is 1. The average molecular weight is 382 g/mol. The van der Waals surface area contributed by atoms with Gasteiger partial charge in [0.25, 0.3) is 0 Å². The van der Waals surface area contributed by atoms with E-state index in [-0.39, 0.29) is 12.2 Å². The number of nitrogens with zero attached hydrogens (tertiary/aromatic N) is 1. The molecule has 0 bridgehead atoms. The summed E-state index contributed by atoms with van der Waals surface area (Å²) >= 11 is 0. The predicted octanol–water partition coefficient (Wildman–Crippen LogP) is 2.10. The first-order valence-electron chi connectivity index (χ1n) is 9.93. The Labute approximate surface area is 163 Å². The number of aliphatic hydroxyl groups excluding tert-OH is 1. The zero-order chi connectivity index (χ0) is 19.5. The summed E-state index contributed by atoms with van der Waals surface area (Å²) in [6, 6.07) is 10.4. The van der Waals surface area contributed by atoms with Gasteiger partial charge in [0.2, 0.25) is 0 Å². The molecule has 1 aromatic carbocycles. The van der Waals surface area contributed by atoms with Gasteiger partial charge in [0.15, 0.2) is 6.29 Å². The first-order valence-corrected chi connectivity index (χ1v) is 9.93. The van der Waals surface area contributed by atoms with Crippen LogP contribution in [0.15, 0.2) is 30.3 Å². The van der Waals surface area contributed by atoms with Crippen LogP contribution in [0.1, 0.15) is 25.3 Å². The number of hydrogen-bond donors (Lipinski definition) is 1. The summed E-state index contributed by atoms with van der Waals surface area (Å²) in [5, 5.41) is 10.6. The lowest BCUT2D eigenvalue weighted by atomic mass is 10.1. The first-order chi connectivity index (χ1) is 13.2. The summed E-state index contributed by atoms with van der Waals surface area (Å²) in [5.41, 5.74) is 1.31. The molecule has 0 amide bonds. The lowest BCUT2D eigenvalue weighted by Gasteiger charge is -2.25. The maximum atomic E-state index is 10.6. The standard InChI is InChI=1S/C21H35NO5/c1-4-5-13-25-20-18(27-21(19(20)23)26-15-14-24-3)16-22(2)12-11-17-9-7-6-8-10-17/h6-10,18-21,23H,4-5,11-16H2,1-3H3. The molecule has 0 radical (unpaired) electrons. The fourth-order valence-electron chi connectivity index (χ4n) is 3.17. The maximum absolute atomic E-state index is 10.6. The van der Waals surface area contributed by atoms with E-state index in [9.17, 15) is 5.11 Å². The van der Waals surface area contributed by atoms with E-state index in [4.69, 9.17) is 18.9 Å². The van der Waals surface area contributed by atoms with Crippen LogP contribution in [0.2, 0.25) is 0 Å². The van der Waals surface area contributed by atoms with Crippen molar-refractivity contribution in [1.82, 2.24) is 4.90 Å². The Morgan fingerprint density at radius 2 is 1.89 bits per heavy atom. The van der Waals surface area contributed by atoms with Gasteiger partial charge in [-0.15, -0.1) is 0 Å². The van der Waals surface area contributed by atoms with Crippen LogP contribution in [-0.2, 0) is 25.4 Å². The fourth-order valence-corrected chi connectivity index (χ4v) is 3.17. The minimum atomic E-state index is -0.786. The minimum absolute atomic E-state index is 0.217. The summed E-state index contributed by atoms with van der Waals surface area (Å²) in [7, 11) is 3.69. The number of aliphatic hydroxyl groups is 1. The lowest BCUT2D eigenvalue weighted by Crippen LogP contribution is -2.41. The van der Waals surface area contributed by atoms with Gasteiger partial charge < -0.3 is 29.0 Å². The Morgan fingerprint density at radius 3 is 2.59 bits per heavy atom. The molecule has 27 heavy (non-hydrogen) atoms. The highest BCUT2D eigenvalue weighted by molar-refractivity contribution is 5.14. The van der Waals surface area contributed by atoms with Gasteiger partial charge in [-0.1, -0.05) is 43.7 Å². The van der Waals surface area contributed by atoms with Crippen molar-refractivity contribution in [3.63, 3.8) is 0 Å². The van der Waals surface area contributed by atoms with Gasteiger partial charge in [-0.25, -0.2) is 0 Å². The van der Waals surface area contributed by atoms with Crippen LogP contribution in [0.3, 0.4) is 0 Å². The lowest BCUT2D eigenvalue weighted by molar-refractivity contribution is -0.172. The van der Waals surface area contributed by atoms with Gasteiger partial charge in [-0.05, 0) is 25.5 Å². The van der Waals surface area contributed by atoms with Gasteiger partial charge in [-0.3, -0.25) is 0 Å². The third-order valence-electron chi connectivity index (χ3n) is 4.79. The van der Waals surface area contributed by atoms with E-state index in [2.05, 4.69) is 43.1 Å². The second-order valence-electron chi connectivity index (χ2n) is 7.08. The minimum Gasteiger partial charge on any atom is -0.385 e. The monoisotopic (exact) mass is 381 g/mol. The molecule has 1 fully saturated rings. The summed E-state index contributed by atoms with van der Waals surface area (Å²) in [4.78, 5) is 2.22. The molecule has 1 N–H and O–H groups in total. The molecular formula is C21H35NO5. The quantitative estimate of drug-likeness (QED) is 0.528. The molecule has 1 saturated heterocycles. The SMILES string of the molecule is CCCCOC1C(CN(C)CCc2ccccc2)OC(OCCOC)C1O. The molecule has 4 unspecified atom stereocenters. The number of unbranched alkanes of at least 4 members (excludes halogenated alkanes) is 1. The van der Waals surface area contributed by atoms with E-state index < -0.39 is 12.4 Å². The van der Waals surface area contributed by atoms with Crippen molar-refractivity contribution in [2.45, 2.75) is 50.8 Å². The van der Waals surface area contributed by atoms with Gasteiger partial charge >= 0.3 is 0 Å².